The molecule has 2 aromatic heterocycles. The number of nitrogens with zero attached hydrogens (tertiary/aromatic N) is 5. The van der Waals surface area contributed by atoms with Crippen LogP contribution in [0.25, 0.3) is 0 Å². The van der Waals surface area contributed by atoms with Gasteiger partial charge in [-0.2, -0.15) is 5.10 Å². The summed E-state index contributed by atoms with van der Waals surface area (Å²) in [6.45, 7) is 12.1. The second kappa shape index (κ2) is 6.64. The van der Waals surface area contributed by atoms with Crippen LogP contribution < -0.4 is 5.32 Å². The zero-order chi connectivity index (χ0) is 17.3. The molecule has 3 rings (SSSR count). The van der Waals surface area contributed by atoms with Crippen LogP contribution in [0.2, 0.25) is 0 Å². The van der Waals surface area contributed by atoms with Gasteiger partial charge >= 0.3 is 0 Å². The van der Waals surface area contributed by atoms with Gasteiger partial charge in [-0.15, -0.1) is 5.10 Å². The summed E-state index contributed by atoms with van der Waals surface area (Å²) in [6.07, 6.45) is 4.88. The van der Waals surface area contributed by atoms with E-state index in [1.165, 1.54) is 0 Å². The maximum Gasteiger partial charge on any atom is 0.114 e. The van der Waals surface area contributed by atoms with Crippen molar-refractivity contribution in [2.24, 2.45) is 0 Å². The minimum Gasteiger partial charge on any atom is -0.370 e. The first-order valence-corrected chi connectivity index (χ1v) is 8.66. The van der Waals surface area contributed by atoms with Crippen LogP contribution in [0.1, 0.15) is 64.6 Å². The van der Waals surface area contributed by atoms with Gasteiger partial charge < -0.3 is 10.1 Å². The average molecular weight is 332 g/mol. The van der Waals surface area contributed by atoms with Crippen molar-refractivity contribution in [2.75, 3.05) is 6.61 Å². The fourth-order valence-corrected chi connectivity index (χ4v) is 3.01. The third kappa shape index (κ3) is 3.52. The first kappa shape index (κ1) is 17.1. The maximum absolute atomic E-state index is 5.98. The van der Waals surface area contributed by atoms with Crippen molar-refractivity contribution in [3.05, 3.63) is 29.8 Å². The zero-order valence-electron chi connectivity index (χ0n) is 15.2. The number of aromatic nitrogens is 5. The molecular weight excluding hydrogens is 304 g/mol. The summed E-state index contributed by atoms with van der Waals surface area (Å²) in [4.78, 5) is 0. The lowest BCUT2D eigenvalue weighted by Crippen LogP contribution is -2.32. The molecule has 0 aliphatic carbocycles. The van der Waals surface area contributed by atoms with E-state index in [1.54, 1.807) is 0 Å². The summed E-state index contributed by atoms with van der Waals surface area (Å²) in [5, 5.41) is 16.5. The Labute approximate surface area is 143 Å². The van der Waals surface area contributed by atoms with Gasteiger partial charge in [-0.25, -0.2) is 4.68 Å². The zero-order valence-corrected chi connectivity index (χ0v) is 15.2. The van der Waals surface area contributed by atoms with Gasteiger partial charge in [0, 0.05) is 31.4 Å². The van der Waals surface area contributed by atoms with Gasteiger partial charge in [0.2, 0.25) is 0 Å². The first-order valence-electron chi connectivity index (χ1n) is 8.66. The van der Waals surface area contributed by atoms with E-state index in [9.17, 15) is 0 Å². The van der Waals surface area contributed by atoms with Crippen LogP contribution in [0.5, 0.6) is 0 Å². The summed E-state index contributed by atoms with van der Waals surface area (Å²) in [6, 6.07) is 2.64. The Bertz CT molecular complexity index is 669. The molecule has 24 heavy (non-hydrogen) atoms. The molecule has 0 bridgehead atoms. The Balaban J connectivity index is 1.66. The molecule has 3 heterocycles. The second-order valence-corrected chi connectivity index (χ2v) is 7.69. The van der Waals surface area contributed by atoms with Crippen LogP contribution >= 0.6 is 0 Å². The van der Waals surface area contributed by atoms with Crippen molar-refractivity contribution in [3.63, 3.8) is 0 Å². The average Bonchev–Trinajstić information content (AvgIpc) is 3.23. The van der Waals surface area contributed by atoms with Crippen LogP contribution in [-0.4, -0.2) is 37.4 Å². The minimum atomic E-state index is -0.0476. The van der Waals surface area contributed by atoms with Crippen molar-refractivity contribution in [2.45, 2.75) is 71.3 Å². The molecule has 0 spiro atoms. The quantitative estimate of drug-likeness (QED) is 0.910. The topological polar surface area (TPSA) is 69.8 Å². The summed E-state index contributed by atoms with van der Waals surface area (Å²) >= 11 is 0. The summed E-state index contributed by atoms with van der Waals surface area (Å²) in [5.74, 6) is 0. The number of rotatable bonds is 5. The monoisotopic (exact) mass is 332 g/mol. The summed E-state index contributed by atoms with van der Waals surface area (Å²) in [7, 11) is 0. The standard InChI is InChI=1S/C17H28N6O/c1-12(2)23-15(6-8-19-23)16-14(7-9-24-16)18-10-13-11-22(21-20-13)17(3,4)5/h6,8,11-12,14,16,18H,7,9-10H2,1-5H3/t14-,16-/m0/s1. The smallest absolute Gasteiger partial charge is 0.114 e. The first-order chi connectivity index (χ1) is 11.4. The van der Waals surface area contributed by atoms with E-state index in [0.717, 1.165) is 24.4 Å². The molecule has 1 aliphatic heterocycles. The largest absolute Gasteiger partial charge is 0.370 e. The Morgan fingerprint density at radius 3 is 2.83 bits per heavy atom. The van der Waals surface area contributed by atoms with E-state index < -0.39 is 0 Å². The van der Waals surface area contributed by atoms with E-state index in [2.05, 4.69) is 61.4 Å². The Kier molecular flexibility index (Phi) is 4.73. The maximum atomic E-state index is 5.98. The van der Waals surface area contributed by atoms with Crippen LogP contribution in [0, 0.1) is 0 Å². The number of hydrogen-bond donors (Lipinski definition) is 1. The molecule has 7 nitrogen and oxygen atoms in total. The Morgan fingerprint density at radius 2 is 2.17 bits per heavy atom. The van der Waals surface area contributed by atoms with Crippen molar-refractivity contribution in [1.82, 2.24) is 30.1 Å². The second-order valence-electron chi connectivity index (χ2n) is 7.69. The van der Waals surface area contributed by atoms with Gasteiger partial charge in [0.1, 0.15) is 6.10 Å². The minimum absolute atomic E-state index is 0.0348. The highest BCUT2D eigenvalue weighted by molar-refractivity contribution is 5.11. The molecular formula is C17H28N6O. The molecule has 0 amide bonds. The Hall–Kier alpha value is -1.73. The highest BCUT2D eigenvalue weighted by atomic mass is 16.5. The molecule has 1 aliphatic rings. The van der Waals surface area contributed by atoms with Crippen LogP contribution in [0.3, 0.4) is 0 Å². The third-order valence-electron chi connectivity index (χ3n) is 4.35. The predicted molar refractivity (Wildman–Crippen MR) is 91.6 cm³/mol. The highest BCUT2D eigenvalue weighted by Gasteiger charge is 2.32. The molecule has 0 radical (unpaired) electrons. The molecule has 1 saturated heterocycles. The Morgan fingerprint density at radius 1 is 1.38 bits per heavy atom. The predicted octanol–water partition coefficient (Wildman–Crippen LogP) is 2.43. The highest BCUT2D eigenvalue weighted by Crippen LogP contribution is 2.30. The van der Waals surface area contributed by atoms with Gasteiger partial charge in [0.05, 0.1) is 23.1 Å². The summed E-state index contributed by atoms with van der Waals surface area (Å²) in [5.41, 5.74) is 2.04. The van der Waals surface area contributed by atoms with E-state index in [0.29, 0.717) is 12.6 Å². The normalized spacial score (nSPS) is 21.8. The van der Waals surface area contributed by atoms with Gasteiger partial charge in [-0.05, 0) is 47.1 Å². The molecule has 0 unspecified atom stereocenters. The van der Waals surface area contributed by atoms with Crippen LogP contribution in [0.15, 0.2) is 18.5 Å². The molecule has 1 fully saturated rings. The molecule has 0 aromatic carbocycles. The lowest BCUT2D eigenvalue weighted by atomic mass is 10.1. The van der Waals surface area contributed by atoms with Gasteiger partial charge in [0.25, 0.3) is 0 Å². The van der Waals surface area contributed by atoms with Crippen LogP contribution in [0.4, 0.5) is 0 Å². The van der Waals surface area contributed by atoms with Crippen molar-refractivity contribution in [1.29, 1.82) is 0 Å². The van der Waals surface area contributed by atoms with E-state index in [4.69, 9.17) is 4.74 Å². The molecule has 2 aromatic rings. The number of hydrogen-bond acceptors (Lipinski definition) is 5. The molecule has 2 atom stereocenters. The van der Waals surface area contributed by atoms with Gasteiger partial charge in [0.15, 0.2) is 0 Å². The fourth-order valence-electron chi connectivity index (χ4n) is 3.01. The van der Waals surface area contributed by atoms with Crippen molar-refractivity contribution < 1.29 is 4.74 Å². The fraction of sp³-hybridized carbons (Fsp3) is 0.706. The van der Waals surface area contributed by atoms with E-state index in [-0.39, 0.29) is 17.7 Å². The lowest BCUT2D eigenvalue weighted by molar-refractivity contribution is 0.0898. The van der Waals surface area contributed by atoms with E-state index >= 15 is 0 Å². The molecule has 0 saturated carbocycles. The lowest BCUT2D eigenvalue weighted by Gasteiger charge is -2.22. The summed E-state index contributed by atoms with van der Waals surface area (Å²) < 4.78 is 9.93. The van der Waals surface area contributed by atoms with E-state index in [1.807, 2.05) is 21.8 Å². The third-order valence-corrected chi connectivity index (χ3v) is 4.35. The van der Waals surface area contributed by atoms with Gasteiger partial charge in [-0.1, -0.05) is 5.21 Å². The molecule has 7 heteroatoms. The van der Waals surface area contributed by atoms with Gasteiger partial charge in [-0.3, -0.25) is 4.68 Å². The van der Waals surface area contributed by atoms with Crippen molar-refractivity contribution >= 4 is 0 Å². The number of ether oxygens (including phenoxy) is 1. The molecule has 132 valence electrons. The van der Waals surface area contributed by atoms with Crippen LogP contribution in [-0.2, 0) is 16.8 Å². The SMILES string of the molecule is CC(C)n1nccc1[C@H]1OCC[C@@H]1NCc1cn(C(C)(C)C)nn1. The van der Waals surface area contributed by atoms with Crippen molar-refractivity contribution in [3.8, 4) is 0 Å². The number of nitrogens with one attached hydrogen (secondary N) is 1. The molecule has 1 N–H and O–H groups in total.